The van der Waals surface area contributed by atoms with Gasteiger partial charge in [-0.15, -0.1) is 0 Å². The van der Waals surface area contributed by atoms with Crippen LogP contribution in [-0.2, 0) is 11.2 Å². The van der Waals surface area contributed by atoms with Crippen LogP contribution in [-0.4, -0.2) is 12.3 Å². The Bertz CT molecular complexity index is 505. The van der Waals surface area contributed by atoms with Crippen LogP contribution in [0.3, 0.4) is 0 Å². The van der Waals surface area contributed by atoms with Crippen LogP contribution in [0.2, 0.25) is 0 Å². The SMILES string of the molecule is CC(=O)Cc1cccc(C#CCCN=[N+]=[N-])c1. The number of Topliss-reactive ketones (excluding diaryl/α,β-unsaturated/α-hetero) is 1. The molecule has 1 rings (SSSR count). The second kappa shape index (κ2) is 7.10. The van der Waals surface area contributed by atoms with Crippen molar-refractivity contribution in [2.75, 3.05) is 6.54 Å². The Kier molecular flexibility index (Phi) is 5.36. The lowest BCUT2D eigenvalue weighted by atomic mass is 10.1. The van der Waals surface area contributed by atoms with Crippen LogP contribution in [0.4, 0.5) is 0 Å². The average molecular weight is 227 g/mol. The molecule has 0 aliphatic heterocycles. The van der Waals surface area contributed by atoms with Gasteiger partial charge in [0.25, 0.3) is 0 Å². The van der Waals surface area contributed by atoms with Crippen molar-refractivity contribution in [3.8, 4) is 11.8 Å². The predicted octanol–water partition coefficient (Wildman–Crippen LogP) is 2.87. The van der Waals surface area contributed by atoms with E-state index in [1.165, 1.54) is 0 Å². The molecule has 86 valence electrons. The first-order valence-electron chi connectivity index (χ1n) is 5.30. The fourth-order valence-electron chi connectivity index (χ4n) is 1.36. The van der Waals surface area contributed by atoms with Gasteiger partial charge >= 0.3 is 0 Å². The Hall–Kier alpha value is -2.24. The van der Waals surface area contributed by atoms with Gasteiger partial charge in [-0.05, 0) is 30.2 Å². The van der Waals surface area contributed by atoms with Gasteiger partial charge in [0.05, 0.1) is 0 Å². The fraction of sp³-hybridized carbons (Fsp3) is 0.308. The van der Waals surface area contributed by atoms with Gasteiger partial charge in [-0.25, -0.2) is 0 Å². The van der Waals surface area contributed by atoms with Crippen LogP contribution in [0.25, 0.3) is 10.4 Å². The van der Waals surface area contributed by atoms with Gasteiger partial charge in [0.2, 0.25) is 0 Å². The number of azide groups is 1. The minimum absolute atomic E-state index is 0.137. The van der Waals surface area contributed by atoms with Crippen molar-refractivity contribution in [2.45, 2.75) is 19.8 Å². The van der Waals surface area contributed by atoms with Gasteiger partial charge in [-0.1, -0.05) is 29.1 Å². The average Bonchev–Trinajstić information content (AvgIpc) is 2.28. The molecular formula is C13H13N3O. The van der Waals surface area contributed by atoms with Gasteiger partial charge in [-0.3, -0.25) is 4.79 Å². The third-order valence-electron chi connectivity index (χ3n) is 2.01. The van der Waals surface area contributed by atoms with E-state index in [0.717, 1.165) is 11.1 Å². The summed E-state index contributed by atoms with van der Waals surface area (Å²) < 4.78 is 0. The molecule has 0 saturated heterocycles. The molecule has 0 saturated carbocycles. The van der Waals surface area contributed by atoms with Crippen LogP contribution in [0.5, 0.6) is 0 Å². The summed E-state index contributed by atoms with van der Waals surface area (Å²) in [5.41, 5.74) is 9.93. The summed E-state index contributed by atoms with van der Waals surface area (Å²) in [4.78, 5) is 13.6. The lowest BCUT2D eigenvalue weighted by Crippen LogP contribution is -1.96. The fourth-order valence-corrected chi connectivity index (χ4v) is 1.36. The molecule has 0 aliphatic carbocycles. The molecule has 17 heavy (non-hydrogen) atoms. The molecule has 0 heterocycles. The van der Waals surface area contributed by atoms with Crippen LogP contribution in [0.15, 0.2) is 29.4 Å². The van der Waals surface area contributed by atoms with E-state index < -0.39 is 0 Å². The highest BCUT2D eigenvalue weighted by Crippen LogP contribution is 2.05. The Labute approximate surface area is 100 Å². The number of hydrogen-bond donors (Lipinski definition) is 0. The van der Waals surface area contributed by atoms with Gasteiger partial charge < -0.3 is 0 Å². The van der Waals surface area contributed by atoms with Crippen LogP contribution in [0, 0.1) is 11.8 Å². The normalized spacial score (nSPS) is 8.76. The monoisotopic (exact) mass is 227 g/mol. The van der Waals surface area contributed by atoms with Gasteiger partial charge in [0, 0.05) is 29.9 Å². The molecule has 0 bridgehead atoms. The maximum Gasteiger partial charge on any atom is 0.134 e. The molecule has 1 aromatic rings. The van der Waals surface area contributed by atoms with E-state index in [0.29, 0.717) is 19.4 Å². The maximum atomic E-state index is 11.0. The zero-order valence-electron chi connectivity index (χ0n) is 9.68. The predicted molar refractivity (Wildman–Crippen MR) is 66.3 cm³/mol. The number of carbonyl (C=O) groups is 1. The number of ketones is 1. The molecule has 0 amide bonds. The summed E-state index contributed by atoms with van der Waals surface area (Å²) in [6, 6.07) is 7.59. The summed E-state index contributed by atoms with van der Waals surface area (Å²) in [5, 5.41) is 3.39. The minimum atomic E-state index is 0.137. The zero-order chi connectivity index (χ0) is 12.5. The van der Waals surface area contributed by atoms with E-state index in [-0.39, 0.29) is 5.78 Å². The van der Waals surface area contributed by atoms with E-state index in [4.69, 9.17) is 5.53 Å². The van der Waals surface area contributed by atoms with Crippen molar-refractivity contribution in [1.82, 2.24) is 0 Å². The largest absolute Gasteiger partial charge is 0.300 e. The molecule has 0 unspecified atom stereocenters. The molecule has 1 aromatic carbocycles. The summed E-state index contributed by atoms with van der Waals surface area (Å²) in [5.74, 6) is 6.03. The lowest BCUT2D eigenvalue weighted by molar-refractivity contribution is -0.116. The topological polar surface area (TPSA) is 65.8 Å². The molecule has 0 fully saturated rings. The number of nitrogens with zero attached hydrogens (tertiary/aromatic N) is 3. The summed E-state index contributed by atoms with van der Waals surface area (Å²) >= 11 is 0. The molecule has 0 aromatic heterocycles. The molecule has 0 N–H and O–H groups in total. The number of carbonyl (C=O) groups excluding carboxylic acids is 1. The second-order valence-electron chi connectivity index (χ2n) is 3.59. The van der Waals surface area contributed by atoms with E-state index in [9.17, 15) is 4.79 Å². The van der Waals surface area contributed by atoms with E-state index in [1.54, 1.807) is 6.92 Å². The van der Waals surface area contributed by atoms with Crippen molar-refractivity contribution >= 4 is 5.78 Å². The summed E-state index contributed by atoms with van der Waals surface area (Å²) in [6.07, 6.45) is 0.981. The molecule has 0 radical (unpaired) electrons. The third-order valence-corrected chi connectivity index (χ3v) is 2.01. The minimum Gasteiger partial charge on any atom is -0.300 e. The Balaban J connectivity index is 2.64. The molecule has 0 aliphatic rings. The lowest BCUT2D eigenvalue weighted by Gasteiger charge is -1.97. The molecule has 0 spiro atoms. The zero-order valence-corrected chi connectivity index (χ0v) is 9.68. The summed E-state index contributed by atoms with van der Waals surface area (Å²) in [6.45, 7) is 1.95. The van der Waals surface area contributed by atoms with Crippen LogP contribution >= 0.6 is 0 Å². The number of hydrogen-bond acceptors (Lipinski definition) is 2. The molecule has 0 atom stereocenters. The van der Waals surface area contributed by atoms with Crippen LogP contribution in [0.1, 0.15) is 24.5 Å². The Morgan fingerprint density at radius 1 is 1.53 bits per heavy atom. The van der Waals surface area contributed by atoms with E-state index >= 15 is 0 Å². The standard InChI is InChI=1S/C13H13N3O/c1-11(17)9-13-7-4-6-12(10-13)5-2-3-8-15-16-14/h4,6-7,10H,3,8-9H2,1H3. The Morgan fingerprint density at radius 2 is 2.35 bits per heavy atom. The Morgan fingerprint density at radius 3 is 3.06 bits per heavy atom. The maximum absolute atomic E-state index is 11.0. The highest BCUT2D eigenvalue weighted by Gasteiger charge is 1.97. The quantitative estimate of drug-likeness (QED) is 0.256. The van der Waals surface area contributed by atoms with E-state index in [2.05, 4.69) is 21.9 Å². The first kappa shape index (κ1) is 12.8. The van der Waals surface area contributed by atoms with Crippen molar-refractivity contribution in [2.24, 2.45) is 5.11 Å². The van der Waals surface area contributed by atoms with Gasteiger partial charge in [-0.2, -0.15) is 0 Å². The van der Waals surface area contributed by atoms with Crippen molar-refractivity contribution < 1.29 is 4.79 Å². The smallest absolute Gasteiger partial charge is 0.134 e. The van der Waals surface area contributed by atoms with Gasteiger partial charge in [0.15, 0.2) is 0 Å². The van der Waals surface area contributed by atoms with Gasteiger partial charge in [0.1, 0.15) is 5.78 Å². The first-order chi connectivity index (χ1) is 8.22. The van der Waals surface area contributed by atoms with E-state index in [1.807, 2.05) is 24.3 Å². The number of benzene rings is 1. The van der Waals surface area contributed by atoms with Crippen molar-refractivity contribution in [1.29, 1.82) is 0 Å². The van der Waals surface area contributed by atoms with Crippen LogP contribution < -0.4 is 0 Å². The second-order valence-corrected chi connectivity index (χ2v) is 3.59. The molecular weight excluding hydrogens is 214 g/mol. The highest BCUT2D eigenvalue weighted by molar-refractivity contribution is 5.78. The van der Waals surface area contributed by atoms with Crippen molar-refractivity contribution in [3.05, 3.63) is 45.8 Å². The first-order valence-corrected chi connectivity index (χ1v) is 5.30. The summed E-state index contributed by atoms with van der Waals surface area (Å²) in [7, 11) is 0. The third kappa shape index (κ3) is 5.41. The number of rotatable bonds is 4. The highest BCUT2D eigenvalue weighted by atomic mass is 16.1. The van der Waals surface area contributed by atoms with Crippen molar-refractivity contribution in [3.63, 3.8) is 0 Å². The molecule has 4 nitrogen and oxygen atoms in total. The molecule has 4 heteroatoms.